The molecule has 0 unspecified atom stereocenters. The summed E-state index contributed by atoms with van der Waals surface area (Å²) in [6.45, 7) is 4.45. The van der Waals surface area contributed by atoms with E-state index in [1.807, 2.05) is 26.0 Å². The van der Waals surface area contributed by atoms with Crippen LogP contribution >= 0.6 is 27.7 Å². The van der Waals surface area contributed by atoms with Crippen LogP contribution in [0.3, 0.4) is 0 Å². The van der Waals surface area contributed by atoms with E-state index < -0.39 is 0 Å². The fourth-order valence-corrected chi connectivity index (χ4v) is 3.44. The Morgan fingerprint density at radius 2 is 2.04 bits per heavy atom. The van der Waals surface area contributed by atoms with Crippen molar-refractivity contribution in [3.63, 3.8) is 0 Å². The van der Waals surface area contributed by atoms with Crippen LogP contribution in [0.25, 0.3) is 10.9 Å². The molecule has 6 nitrogen and oxygen atoms in total. The second-order valence-corrected chi connectivity index (χ2v) is 6.70. The Kier molecular flexibility index (Phi) is 4.82. The minimum Gasteiger partial charge on any atom is -0.424 e. The Balaban J connectivity index is 1.96. The predicted octanol–water partition coefficient (Wildman–Crippen LogP) is 3.42. The van der Waals surface area contributed by atoms with Crippen LogP contribution in [0.1, 0.15) is 25.6 Å². The van der Waals surface area contributed by atoms with E-state index in [9.17, 15) is 4.79 Å². The first kappa shape index (κ1) is 16.2. The average molecular weight is 395 g/mol. The van der Waals surface area contributed by atoms with Gasteiger partial charge in [-0.15, -0.1) is 10.2 Å². The fraction of sp³-hybridized carbons (Fsp3) is 0.333. The van der Waals surface area contributed by atoms with Gasteiger partial charge in [-0.3, -0.25) is 9.36 Å². The Bertz CT molecular complexity index is 906. The maximum absolute atomic E-state index is 12.6. The van der Waals surface area contributed by atoms with Crippen molar-refractivity contribution in [2.75, 3.05) is 0 Å². The molecular weight excluding hydrogens is 380 g/mol. The first-order valence-corrected chi connectivity index (χ1v) is 9.04. The molecule has 0 aliphatic carbocycles. The summed E-state index contributed by atoms with van der Waals surface area (Å²) in [4.78, 5) is 17.2. The maximum atomic E-state index is 12.6. The lowest BCUT2D eigenvalue weighted by Gasteiger charge is -2.10. The summed E-state index contributed by atoms with van der Waals surface area (Å²) in [5, 5.41) is 9.20. The quantitative estimate of drug-likeness (QED) is 0.487. The lowest BCUT2D eigenvalue weighted by Crippen LogP contribution is -2.22. The van der Waals surface area contributed by atoms with E-state index in [0.29, 0.717) is 46.6 Å². The van der Waals surface area contributed by atoms with E-state index in [-0.39, 0.29) is 5.56 Å². The molecule has 8 heteroatoms. The zero-order valence-corrected chi connectivity index (χ0v) is 15.1. The van der Waals surface area contributed by atoms with E-state index in [4.69, 9.17) is 4.42 Å². The SMILES string of the molecule is CCc1nnc(CSc2nc3ccc(Br)cc3c(=O)n2CC)o1. The minimum absolute atomic E-state index is 0.0407. The van der Waals surface area contributed by atoms with Crippen molar-refractivity contribution in [3.8, 4) is 0 Å². The number of fused-ring (bicyclic) bond motifs is 1. The molecule has 0 saturated carbocycles. The number of nitrogens with zero attached hydrogens (tertiary/aromatic N) is 4. The van der Waals surface area contributed by atoms with Gasteiger partial charge in [0, 0.05) is 17.4 Å². The van der Waals surface area contributed by atoms with Gasteiger partial charge < -0.3 is 4.42 Å². The normalized spacial score (nSPS) is 11.3. The highest BCUT2D eigenvalue weighted by Gasteiger charge is 2.13. The van der Waals surface area contributed by atoms with Gasteiger partial charge >= 0.3 is 0 Å². The summed E-state index contributed by atoms with van der Waals surface area (Å²) >= 11 is 4.82. The maximum Gasteiger partial charge on any atom is 0.262 e. The zero-order chi connectivity index (χ0) is 16.4. The minimum atomic E-state index is -0.0407. The molecule has 0 N–H and O–H groups in total. The molecule has 0 atom stereocenters. The molecule has 0 amide bonds. The molecule has 1 aromatic carbocycles. The van der Waals surface area contributed by atoms with Crippen molar-refractivity contribution < 1.29 is 4.42 Å². The number of aromatic nitrogens is 4. The van der Waals surface area contributed by atoms with Crippen molar-refractivity contribution in [1.82, 2.24) is 19.7 Å². The Hall–Kier alpha value is -1.67. The molecule has 0 bridgehead atoms. The summed E-state index contributed by atoms with van der Waals surface area (Å²) in [6, 6.07) is 5.52. The van der Waals surface area contributed by atoms with E-state index in [0.717, 1.165) is 4.47 Å². The van der Waals surface area contributed by atoms with Gasteiger partial charge in [0.2, 0.25) is 11.8 Å². The van der Waals surface area contributed by atoms with Crippen LogP contribution in [0.15, 0.2) is 37.0 Å². The van der Waals surface area contributed by atoms with Gasteiger partial charge in [0.05, 0.1) is 16.7 Å². The number of halogens is 1. The van der Waals surface area contributed by atoms with E-state index in [1.54, 1.807) is 10.6 Å². The molecule has 2 heterocycles. The second kappa shape index (κ2) is 6.84. The average Bonchev–Trinajstić information content (AvgIpc) is 3.02. The molecule has 0 aliphatic rings. The second-order valence-electron chi connectivity index (χ2n) is 4.84. The molecule has 0 aliphatic heterocycles. The van der Waals surface area contributed by atoms with Gasteiger partial charge in [-0.2, -0.15) is 0 Å². The molecule has 0 radical (unpaired) electrons. The topological polar surface area (TPSA) is 73.8 Å². The molecule has 3 aromatic rings. The largest absolute Gasteiger partial charge is 0.424 e. The lowest BCUT2D eigenvalue weighted by molar-refractivity contribution is 0.469. The fourth-order valence-electron chi connectivity index (χ4n) is 2.18. The third kappa shape index (κ3) is 3.32. The third-order valence-corrected chi connectivity index (χ3v) is 4.79. The summed E-state index contributed by atoms with van der Waals surface area (Å²) in [5.74, 6) is 1.64. The summed E-state index contributed by atoms with van der Waals surface area (Å²) in [7, 11) is 0. The van der Waals surface area contributed by atoms with Crippen molar-refractivity contribution in [2.24, 2.45) is 0 Å². The molecule has 0 spiro atoms. The molecular formula is C15H15BrN4O2S. The monoisotopic (exact) mass is 394 g/mol. The van der Waals surface area contributed by atoms with Crippen molar-refractivity contribution in [1.29, 1.82) is 0 Å². The first-order chi connectivity index (χ1) is 11.1. The first-order valence-electron chi connectivity index (χ1n) is 7.26. The summed E-state index contributed by atoms with van der Waals surface area (Å²) < 4.78 is 8.03. The smallest absolute Gasteiger partial charge is 0.262 e. The molecule has 0 fully saturated rings. The number of hydrogen-bond acceptors (Lipinski definition) is 6. The van der Waals surface area contributed by atoms with Crippen LogP contribution in [-0.4, -0.2) is 19.7 Å². The molecule has 23 heavy (non-hydrogen) atoms. The van der Waals surface area contributed by atoms with Crippen molar-refractivity contribution in [2.45, 2.75) is 37.7 Å². The molecule has 0 saturated heterocycles. The van der Waals surface area contributed by atoms with Crippen LogP contribution in [0.4, 0.5) is 0 Å². The Morgan fingerprint density at radius 3 is 2.74 bits per heavy atom. The van der Waals surface area contributed by atoms with Gasteiger partial charge in [-0.1, -0.05) is 34.6 Å². The van der Waals surface area contributed by atoms with E-state index in [2.05, 4.69) is 31.1 Å². The Morgan fingerprint density at radius 1 is 1.26 bits per heavy atom. The standard InChI is InChI=1S/C15H15BrN4O2S/c1-3-12-18-19-13(22-12)8-23-15-17-11-6-5-9(16)7-10(11)14(21)20(15)4-2/h5-7H,3-4,8H2,1-2H3. The summed E-state index contributed by atoms with van der Waals surface area (Å²) in [5.41, 5.74) is 0.645. The zero-order valence-electron chi connectivity index (χ0n) is 12.7. The molecule has 2 aromatic heterocycles. The summed E-state index contributed by atoms with van der Waals surface area (Å²) in [6.07, 6.45) is 0.709. The van der Waals surface area contributed by atoms with Crippen molar-refractivity contribution in [3.05, 3.63) is 44.8 Å². The number of aryl methyl sites for hydroxylation is 1. The van der Waals surface area contributed by atoms with Crippen LogP contribution in [0.2, 0.25) is 0 Å². The van der Waals surface area contributed by atoms with Crippen LogP contribution in [0.5, 0.6) is 0 Å². The third-order valence-electron chi connectivity index (χ3n) is 3.33. The number of rotatable bonds is 5. The van der Waals surface area contributed by atoms with Gasteiger partial charge in [0.1, 0.15) is 0 Å². The van der Waals surface area contributed by atoms with Gasteiger partial charge in [-0.05, 0) is 25.1 Å². The molecule has 120 valence electrons. The van der Waals surface area contributed by atoms with Gasteiger partial charge in [0.15, 0.2) is 5.16 Å². The Labute approximate surface area is 145 Å². The lowest BCUT2D eigenvalue weighted by atomic mass is 10.2. The van der Waals surface area contributed by atoms with Crippen LogP contribution < -0.4 is 5.56 Å². The predicted molar refractivity (Wildman–Crippen MR) is 92.6 cm³/mol. The number of hydrogen-bond donors (Lipinski definition) is 0. The number of thioether (sulfide) groups is 1. The van der Waals surface area contributed by atoms with Gasteiger partial charge in [0.25, 0.3) is 5.56 Å². The van der Waals surface area contributed by atoms with E-state index >= 15 is 0 Å². The highest BCUT2D eigenvalue weighted by molar-refractivity contribution is 9.10. The highest BCUT2D eigenvalue weighted by atomic mass is 79.9. The van der Waals surface area contributed by atoms with Crippen LogP contribution in [-0.2, 0) is 18.7 Å². The molecule has 3 rings (SSSR count). The number of benzene rings is 1. The van der Waals surface area contributed by atoms with Gasteiger partial charge in [-0.25, -0.2) is 4.98 Å². The van der Waals surface area contributed by atoms with E-state index in [1.165, 1.54) is 11.8 Å². The van der Waals surface area contributed by atoms with Crippen LogP contribution in [0, 0.1) is 0 Å². The highest BCUT2D eigenvalue weighted by Crippen LogP contribution is 2.23. The van der Waals surface area contributed by atoms with Crippen molar-refractivity contribution >= 4 is 38.6 Å².